The van der Waals surface area contributed by atoms with Crippen LogP contribution in [0.4, 0.5) is 13.2 Å². The Hall–Kier alpha value is -4.02. The molecule has 0 aliphatic carbocycles. The summed E-state index contributed by atoms with van der Waals surface area (Å²) in [5, 5.41) is 11.2. The number of carbonyl (C=O) groups excluding carboxylic acids is 1. The Kier molecular flexibility index (Phi) is 5.48. The highest BCUT2D eigenvalue weighted by molar-refractivity contribution is 5.93. The second kappa shape index (κ2) is 8.15. The minimum Gasteiger partial charge on any atom is -0.366 e. The largest absolute Gasteiger partial charge is 0.433 e. The molecule has 0 spiro atoms. The van der Waals surface area contributed by atoms with Crippen molar-refractivity contribution in [3.05, 3.63) is 71.9 Å². The van der Waals surface area contributed by atoms with Crippen molar-refractivity contribution in [1.82, 2.24) is 29.9 Å². The number of hydrogen-bond acceptors (Lipinski definition) is 5. The number of nitrogens with one attached hydrogen (secondary N) is 1. The summed E-state index contributed by atoms with van der Waals surface area (Å²) < 4.78 is 42.3. The number of hydrogen-bond donors (Lipinski definition) is 2. The Morgan fingerprint density at radius 2 is 1.82 bits per heavy atom. The first-order valence-electron chi connectivity index (χ1n) is 9.93. The van der Waals surface area contributed by atoms with E-state index in [0.717, 1.165) is 16.3 Å². The Morgan fingerprint density at radius 1 is 1.09 bits per heavy atom. The van der Waals surface area contributed by atoms with E-state index in [2.05, 4.69) is 25.3 Å². The number of pyridine rings is 1. The van der Waals surface area contributed by atoms with Gasteiger partial charge in [-0.3, -0.25) is 19.6 Å². The maximum atomic E-state index is 13.8. The predicted molar refractivity (Wildman–Crippen MR) is 114 cm³/mol. The zero-order valence-corrected chi connectivity index (χ0v) is 17.8. The molecule has 0 aliphatic rings. The number of H-pyrrole nitrogens is 1. The molecule has 33 heavy (non-hydrogen) atoms. The zero-order chi connectivity index (χ0) is 23.8. The average Bonchev–Trinajstić information content (AvgIpc) is 3.42. The number of rotatable bonds is 6. The smallest absolute Gasteiger partial charge is 0.366 e. The summed E-state index contributed by atoms with van der Waals surface area (Å²) in [7, 11) is 0. The first kappa shape index (κ1) is 22.2. The maximum absolute atomic E-state index is 13.8. The van der Waals surface area contributed by atoms with Gasteiger partial charge >= 0.3 is 6.18 Å². The summed E-state index contributed by atoms with van der Waals surface area (Å²) in [5.74, 6) is 0.134. The normalized spacial score (nSPS) is 12.2. The van der Waals surface area contributed by atoms with E-state index in [1.807, 2.05) is 30.3 Å². The van der Waals surface area contributed by atoms with Gasteiger partial charge in [-0.1, -0.05) is 44.2 Å². The summed E-state index contributed by atoms with van der Waals surface area (Å²) in [6.45, 7) is 3.37. The van der Waals surface area contributed by atoms with Gasteiger partial charge in [0.25, 0.3) is 0 Å². The highest BCUT2D eigenvalue weighted by Gasteiger charge is 2.38. The number of alkyl halides is 3. The van der Waals surface area contributed by atoms with Gasteiger partial charge in [0.15, 0.2) is 5.82 Å². The lowest BCUT2D eigenvalue weighted by atomic mass is 9.92. The van der Waals surface area contributed by atoms with Crippen molar-refractivity contribution in [2.75, 3.05) is 0 Å². The second-order valence-corrected chi connectivity index (χ2v) is 8.15. The number of amides is 1. The van der Waals surface area contributed by atoms with Gasteiger partial charge in [-0.15, -0.1) is 0 Å². The van der Waals surface area contributed by atoms with E-state index in [1.165, 1.54) is 18.5 Å². The van der Waals surface area contributed by atoms with Crippen molar-refractivity contribution in [1.29, 1.82) is 0 Å². The number of aromatic amines is 1. The van der Waals surface area contributed by atoms with Crippen LogP contribution in [0, 0.1) is 0 Å². The van der Waals surface area contributed by atoms with Crippen LogP contribution in [0.25, 0.3) is 22.6 Å². The molecule has 1 amide bonds. The molecule has 4 rings (SSSR count). The molecular formula is C22H20F3N7O. The number of nitrogens with two attached hydrogens (primary N) is 1. The van der Waals surface area contributed by atoms with Crippen molar-refractivity contribution >= 4 is 5.91 Å². The molecule has 8 nitrogen and oxygen atoms in total. The molecule has 3 aromatic heterocycles. The van der Waals surface area contributed by atoms with Gasteiger partial charge < -0.3 is 5.73 Å². The van der Waals surface area contributed by atoms with Crippen LogP contribution in [-0.4, -0.2) is 35.9 Å². The highest BCUT2D eigenvalue weighted by Crippen LogP contribution is 2.34. The number of nitrogens with zero attached hydrogens (tertiary/aromatic N) is 5. The lowest BCUT2D eigenvalue weighted by Gasteiger charge is -2.23. The van der Waals surface area contributed by atoms with Gasteiger partial charge in [0.1, 0.15) is 11.5 Å². The molecule has 3 N–H and O–H groups in total. The summed E-state index contributed by atoms with van der Waals surface area (Å²) in [6, 6.07) is 11.5. The summed E-state index contributed by atoms with van der Waals surface area (Å²) >= 11 is 0. The Morgan fingerprint density at radius 3 is 2.48 bits per heavy atom. The van der Waals surface area contributed by atoms with Crippen molar-refractivity contribution in [2.24, 2.45) is 5.73 Å². The highest BCUT2D eigenvalue weighted by atomic mass is 19.4. The van der Waals surface area contributed by atoms with Gasteiger partial charge in [-0.2, -0.15) is 23.4 Å². The third-order valence-corrected chi connectivity index (χ3v) is 5.09. The maximum Gasteiger partial charge on any atom is 0.433 e. The van der Waals surface area contributed by atoms with Crippen molar-refractivity contribution in [3.8, 4) is 22.6 Å². The first-order valence-corrected chi connectivity index (χ1v) is 9.93. The van der Waals surface area contributed by atoms with E-state index in [4.69, 9.17) is 5.73 Å². The quantitative estimate of drug-likeness (QED) is 0.459. The number of halogens is 3. The van der Waals surface area contributed by atoms with E-state index in [1.54, 1.807) is 13.8 Å². The molecule has 0 bridgehead atoms. The molecule has 1 aromatic carbocycles. The number of carbonyl (C=O) groups is 1. The molecule has 0 atom stereocenters. The van der Waals surface area contributed by atoms with Gasteiger partial charge in [-0.25, -0.2) is 4.98 Å². The van der Waals surface area contributed by atoms with Crippen molar-refractivity contribution in [3.63, 3.8) is 0 Å². The van der Waals surface area contributed by atoms with Gasteiger partial charge in [0.2, 0.25) is 5.91 Å². The fourth-order valence-electron chi connectivity index (χ4n) is 3.35. The van der Waals surface area contributed by atoms with E-state index in [-0.39, 0.29) is 23.4 Å². The van der Waals surface area contributed by atoms with E-state index < -0.39 is 23.2 Å². The van der Waals surface area contributed by atoms with Crippen LogP contribution in [0.2, 0.25) is 0 Å². The van der Waals surface area contributed by atoms with Crippen LogP contribution in [0.1, 0.15) is 35.7 Å². The van der Waals surface area contributed by atoms with Crippen LogP contribution < -0.4 is 5.73 Å². The number of aromatic nitrogens is 6. The van der Waals surface area contributed by atoms with E-state index in [0.29, 0.717) is 11.6 Å². The summed E-state index contributed by atoms with van der Waals surface area (Å²) in [6.07, 6.45) is -2.08. The molecule has 4 aromatic rings. The minimum atomic E-state index is -4.65. The lowest BCUT2D eigenvalue weighted by Crippen LogP contribution is -2.29. The van der Waals surface area contributed by atoms with Crippen molar-refractivity contribution < 1.29 is 18.0 Å². The SMILES string of the molecule is CC(C)(Cn1nc(-c2cncc(C(N)=O)c2)cc1C(F)(F)F)c1nc(-c2ccccc2)n[nH]1. The fraction of sp³-hybridized carbons (Fsp3) is 0.227. The predicted octanol–water partition coefficient (Wildman–Crippen LogP) is 3.83. The van der Waals surface area contributed by atoms with Crippen LogP contribution in [0.15, 0.2) is 54.9 Å². The molecule has 0 saturated heterocycles. The van der Waals surface area contributed by atoms with Crippen LogP contribution >= 0.6 is 0 Å². The molecule has 170 valence electrons. The number of benzene rings is 1. The van der Waals surface area contributed by atoms with Crippen LogP contribution in [-0.2, 0) is 18.1 Å². The monoisotopic (exact) mass is 455 g/mol. The topological polar surface area (TPSA) is 115 Å². The second-order valence-electron chi connectivity index (χ2n) is 8.15. The molecule has 0 unspecified atom stereocenters. The molecular weight excluding hydrogens is 435 g/mol. The lowest BCUT2D eigenvalue weighted by molar-refractivity contribution is -0.144. The van der Waals surface area contributed by atoms with Crippen molar-refractivity contribution in [2.45, 2.75) is 32.0 Å². The average molecular weight is 455 g/mol. The van der Waals surface area contributed by atoms with Crippen LogP contribution in [0.3, 0.4) is 0 Å². The molecule has 11 heteroatoms. The molecule has 3 heterocycles. The zero-order valence-electron chi connectivity index (χ0n) is 17.8. The van der Waals surface area contributed by atoms with E-state index >= 15 is 0 Å². The minimum absolute atomic E-state index is 0.0243. The van der Waals surface area contributed by atoms with Gasteiger partial charge in [0, 0.05) is 28.9 Å². The Bertz CT molecular complexity index is 1290. The summed E-state index contributed by atoms with van der Waals surface area (Å²) in [5.41, 5.74) is 4.59. The Balaban J connectivity index is 1.69. The third kappa shape index (κ3) is 4.61. The standard InChI is InChI=1S/C22H20F3N7O/c1-21(2,20-28-19(29-30-20)13-6-4-3-5-7-13)12-32-17(22(23,24)25)9-16(31-32)14-8-15(18(26)33)11-27-10-14/h3-11H,12H2,1-2H3,(H2,26,33)(H,28,29,30). The molecule has 0 fully saturated rings. The number of primary amides is 1. The van der Waals surface area contributed by atoms with Crippen LogP contribution in [0.5, 0.6) is 0 Å². The molecule has 0 saturated carbocycles. The third-order valence-electron chi connectivity index (χ3n) is 5.09. The summed E-state index contributed by atoms with van der Waals surface area (Å²) in [4.78, 5) is 19.8. The fourth-order valence-corrected chi connectivity index (χ4v) is 3.35. The molecule has 0 radical (unpaired) electrons. The van der Waals surface area contributed by atoms with Gasteiger partial charge in [0.05, 0.1) is 17.8 Å². The molecule has 0 aliphatic heterocycles. The Labute approximate surface area is 186 Å². The van der Waals surface area contributed by atoms with Gasteiger partial charge in [-0.05, 0) is 12.1 Å². The van der Waals surface area contributed by atoms with E-state index in [9.17, 15) is 18.0 Å². The first-order chi connectivity index (χ1) is 15.5.